The first-order valence-corrected chi connectivity index (χ1v) is 14.1. The van der Waals surface area contributed by atoms with E-state index in [-0.39, 0.29) is 0 Å². The lowest BCUT2D eigenvalue weighted by Gasteiger charge is -2.31. The third kappa shape index (κ3) is 3.90. The van der Waals surface area contributed by atoms with Crippen LogP contribution in [0.3, 0.4) is 0 Å². The Kier molecular flexibility index (Phi) is 5.89. The highest BCUT2D eigenvalue weighted by atomic mass is 15.1. The molecule has 1 fully saturated rings. The lowest BCUT2D eigenvalue weighted by molar-refractivity contribution is 0.251. The van der Waals surface area contributed by atoms with Gasteiger partial charge in [0.1, 0.15) is 5.82 Å². The molecular formula is C37H32N2. The van der Waals surface area contributed by atoms with Gasteiger partial charge in [0, 0.05) is 11.3 Å². The second kappa shape index (κ2) is 9.71. The topological polar surface area (TPSA) is 17.8 Å². The number of imidazole rings is 1. The molecule has 1 heterocycles. The minimum absolute atomic E-state index is 0.683. The van der Waals surface area contributed by atoms with Gasteiger partial charge in [-0.2, -0.15) is 0 Å². The van der Waals surface area contributed by atoms with Crippen LogP contribution in [0.5, 0.6) is 0 Å². The molecule has 0 bridgehead atoms. The number of fused-ring (bicyclic) bond motifs is 3. The fraction of sp³-hybridized carbons (Fsp3) is 0.162. The van der Waals surface area contributed by atoms with Gasteiger partial charge >= 0.3 is 0 Å². The van der Waals surface area contributed by atoms with Crippen LogP contribution in [0.2, 0.25) is 0 Å². The second-order valence-electron chi connectivity index (χ2n) is 10.8. The van der Waals surface area contributed by atoms with Gasteiger partial charge < -0.3 is 0 Å². The van der Waals surface area contributed by atoms with Crippen LogP contribution in [0.1, 0.15) is 32.3 Å². The number of benzene rings is 5. The lowest BCUT2D eigenvalue weighted by atomic mass is 9.74. The lowest BCUT2D eigenvalue weighted by Crippen LogP contribution is -2.20. The summed E-state index contributed by atoms with van der Waals surface area (Å²) in [6, 6.07) is 36.8. The van der Waals surface area contributed by atoms with Crippen molar-refractivity contribution in [1.82, 2.24) is 9.55 Å². The van der Waals surface area contributed by atoms with E-state index in [1.807, 2.05) is 0 Å². The Balaban J connectivity index is 1.56. The van der Waals surface area contributed by atoms with E-state index >= 15 is 0 Å². The van der Waals surface area contributed by atoms with E-state index in [0.717, 1.165) is 28.5 Å². The van der Waals surface area contributed by atoms with Gasteiger partial charge in [0.05, 0.1) is 11.0 Å². The van der Waals surface area contributed by atoms with Crippen LogP contribution in [0.4, 0.5) is 0 Å². The van der Waals surface area contributed by atoms with E-state index in [1.54, 1.807) is 0 Å². The van der Waals surface area contributed by atoms with Crippen LogP contribution in [-0.4, -0.2) is 9.55 Å². The molecule has 190 valence electrons. The molecule has 1 aliphatic rings. The average molecular weight is 505 g/mol. The number of aromatic nitrogens is 2. The molecule has 1 aliphatic carbocycles. The van der Waals surface area contributed by atoms with Crippen molar-refractivity contribution in [2.45, 2.75) is 26.7 Å². The van der Waals surface area contributed by atoms with Gasteiger partial charge in [-0.05, 0) is 88.5 Å². The number of allylic oxidation sites excluding steroid dienone is 4. The molecule has 5 aromatic carbocycles. The number of hydrogen-bond donors (Lipinski definition) is 0. The van der Waals surface area contributed by atoms with Crippen molar-refractivity contribution >= 4 is 38.2 Å². The summed E-state index contributed by atoms with van der Waals surface area (Å²) in [5, 5.41) is 4.97. The van der Waals surface area contributed by atoms with E-state index < -0.39 is 0 Å². The highest BCUT2D eigenvalue weighted by Gasteiger charge is 2.25. The van der Waals surface area contributed by atoms with Crippen LogP contribution in [0.15, 0.2) is 121 Å². The number of rotatable bonds is 5. The summed E-state index contributed by atoms with van der Waals surface area (Å²) in [6.07, 6.45) is 9.71. The van der Waals surface area contributed by atoms with Gasteiger partial charge in [-0.25, -0.2) is 4.98 Å². The first kappa shape index (κ1) is 23.7. The third-order valence-corrected chi connectivity index (χ3v) is 8.54. The Bertz CT molecular complexity index is 1830. The molecule has 0 amide bonds. The van der Waals surface area contributed by atoms with Crippen molar-refractivity contribution in [3.05, 3.63) is 127 Å². The summed E-state index contributed by atoms with van der Waals surface area (Å²) in [7, 11) is 0. The fourth-order valence-electron chi connectivity index (χ4n) is 6.24. The smallest absolute Gasteiger partial charge is 0.146 e. The van der Waals surface area contributed by atoms with Crippen LogP contribution in [0.25, 0.3) is 55.2 Å². The molecular weight excluding hydrogens is 472 g/mol. The Morgan fingerprint density at radius 3 is 1.97 bits per heavy atom. The molecule has 2 heteroatoms. The van der Waals surface area contributed by atoms with E-state index in [1.165, 1.54) is 51.1 Å². The first-order chi connectivity index (χ1) is 19.2. The van der Waals surface area contributed by atoms with E-state index in [2.05, 4.69) is 140 Å². The molecule has 0 N–H and O–H groups in total. The molecule has 2 nitrogen and oxygen atoms in total. The number of nitrogens with zero attached hydrogens (tertiary/aromatic N) is 2. The molecule has 0 saturated heterocycles. The molecule has 6 aromatic rings. The Hall–Kier alpha value is -4.43. The van der Waals surface area contributed by atoms with Gasteiger partial charge in [-0.15, -0.1) is 0 Å². The quantitative estimate of drug-likeness (QED) is 0.169. The van der Waals surface area contributed by atoms with Crippen molar-refractivity contribution < 1.29 is 0 Å². The van der Waals surface area contributed by atoms with Crippen molar-refractivity contribution in [1.29, 1.82) is 0 Å². The van der Waals surface area contributed by atoms with E-state index in [9.17, 15) is 0 Å². The van der Waals surface area contributed by atoms with Gasteiger partial charge in [-0.1, -0.05) is 104 Å². The minimum Gasteiger partial charge on any atom is -0.292 e. The van der Waals surface area contributed by atoms with Crippen LogP contribution in [-0.2, 0) is 0 Å². The molecule has 0 radical (unpaired) electrons. The Labute approximate surface area is 229 Å². The molecule has 39 heavy (non-hydrogen) atoms. The maximum absolute atomic E-state index is 5.28. The van der Waals surface area contributed by atoms with Gasteiger partial charge in [-0.3, -0.25) is 4.57 Å². The normalized spacial score (nSPS) is 17.8. The molecule has 0 aliphatic heterocycles. The van der Waals surface area contributed by atoms with Crippen LogP contribution >= 0.6 is 0 Å². The Morgan fingerprint density at radius 2 is 1.36 bits per heavy atom. The van der Waals surface area contributed by atoms with Crippen LogP contribution < -0.4 is 0 Å². The zero-order valence-corrected chi connectivity index (χ0v) is 22.5. The zero-order valence-electron chi connectivity index (χ0n) is 22.5. The van der Waals surface area contributed by atoms with Crippen molar-refractivity contribution in [2.75, 3.05) is 0 Å². The molecule has 7 rings (SSSR count). The maximum Gasteiger partial charge on any atom is 0.146 e. The SMILES string of the molecule is C/C=C(\C=C/[C@@H]1CCC1C)c1c2ccccc2c(-c2nc3ccccc3n2-c2ccccc2)c2ccccc12. The Morgan fingerprint density at radius 1 is 0.744 bits per heavy atom. The van der Waals surface area contributed by atoms with Gasteiger partial charge in [0.15, 0.2) is 0 Å². The summed E-state index contributed by atoms with van der Waals surface area (Å²) >= 11 is 0. The van der Waals surface area contributed by atoms with Gasteiger partial charge in [0.25, 0.3) is 0 Å². The van der Waals surface area contributed by atoms with Crippen LogP contribution in [0, 0.1) is 11.8 Å². The maximum atomic E-state index is 5.28. The van der Waals surface area contributed by atoms with Crippen molar-refractivity contribution in [3.63, 3.8) is 0 Å². The summed E-state index contributed by atoms with van der Waals surface area (Å²) in [5.74, 6) is 2.44. The van der Waals surface area contributed by atoms with Gasteiger partial charge in [0.2, 0.25) is 0 Å². The average Bonchev–Trinajstić information content (AvgIpc) is 3.37. The third-order valence-electron chi connectivity index (χ3n) is 8.54. The monoisotopic (exact) mass is 504 g/mol. The summed E-state index contributed by atoms with van der Waals surface area (Å²) in [5.41, 5.74) is 6.99. The molecule has 2 atom stereocenters. The molecule has 1 saturated carbocycles. The molecule has 1 aromatic heterocycles. The molecule has 0 spiro atoms. The summed E-state index contributed by atoms with van der Waals surface area (Å²) in [6.45, 7) is 4.53. The first-order valence-electron chi connectivity index (χ1n) is 14.1. The standard InChI is InChI=1S/C37H32N2/c1-3-26(23-24-27-22-21-25(27)2)35-29-15-7-9-17-31(29)36(32-18-10-8-16-30(32)35)37-38-33-19-11-12-20-34(33)39(37)28-13-5-4-6-14-28/h3-20,23-25,27H,21-22H2,1-2H3/b24-23-,26-3+/t25?,27-/m0/s1. The highest BCUT2D eigenvalue weighted by Crippen LogP contribution is 2.43. The largest absolute Gasteiger partial charge is 0.292 e. The van der Waals surface area contributed by atoms with E-state index in [4.69, 9.17) is 4.98 Å². The second-order valence-corrected chi connectivity index (χ2v) is 10.8. The highest BCUT2D eigenvalue weighted by molar-refractivity contribution is 6.19. The minimum atomic E-state index is 0.683. The van der Waals surface area contributed by atoms with E-state index in [0.29, 0.717) is 5.92 Å². The molecule has 1 unspecified atom stereocenters. The zero-order chi connectivity index (χ0) is 26.3. The predicted molar refractivity (Wildman–Crippen MR) is 166 cm³/mol. The van der Waals surface area contributed by atoms with Crippen molar-refractivity contribution in [3.8, 4) is 17.1 Å². The predicted octanol–water partition coefficient (Wildman–Crippen LogP) is 10.0. The summed E-state index contributed by atoms with van der Waals surface area (Å²) < 4.78 is 2.32. The summed E-state index contributed by atoms with van der Waals surface area (Å²) in [4.78, 5) is 5.28. The van der Waals surface area contributed by atoms with Crippen molar-refractivity contribution in [2.24, 2.45) is 11.8 Å². The number of para-hydroxylation sites is 3. The fourth-order valence-corrected chi connectivity index (χ4v) is 6.24. The number of hydrogen-bond acceptors (Lipinski definition) is 1.